The van der Waals surface area contributed by atoms with Gasteiger partial charge in [0.05, 0.1) is 5.69 Å². The molecule has 0 saturated carbocycles. The third kappa shape index (κ3) is 4.03. The fourth-order valence-corrected chi connectivity index (χ4v) is 2.08. The van der Waals surface area contributed by atoms with Gasteiger partial charge in [-0.15, -0.1) is 0 Å². The number of aryl methyl sites for hydroxylation is 1. The maximum atomic E-state index is 4.77. The molecule has 1 heterocycles. The summed E-state index contributed by atoms with van der Waals surface area (Å²) in [5, 5.41) is 3.38. The van der Waals surface area contributed by atoms with Crippen molar-refractivity contribution in [1.29, 1.82) is 0 Å². The molecule has 1 N–H and O–H groups in total. The molecular weight excluding hydrogens is 258 g/mol. The summed E-state index contributed by atoms with van der Waals surface area (Å²) in [6.45, 7) is 11.6. The van der Waals surface area contributed by atoms with Gasteiger partial charge in [0.1, 0.15) is 11.6 Å². The molecule has 0 aliphatic rings. The topological polar surface area (TPSA) is 37.8 Å². The van der Waals surface area contributed by atoms with Gasteiger partial charge in [-0.1, -0.05) is 51.5 Å². The molecule has 2 rings (SSSR count). The highest BCUT2D eigenvalue weighted by Gasteiger charge is 2.19. The molecule has 112 valence electrons. The Morgan fingerprint density at radius 2 is 1.86 bits per heavy atom. The Bertz CT molecular complexity index is 612. The number of anilines is 1. The Kier molecular flexibility index (Phi) is 4.61. The normalized spacial score (nSPS) is 11.5. The van der Waals surface area contributed by atoms with Gasteiger partial charge >= 0.3 is 0 Å². The molecule has 1 aromatic heterocycles. The van der Waals surface area contributed by atoms with Crippen molar-refractivity contribution in [2.75, 3.05) is 11.9 Å². The van der Waals surface area contributed by atoms with Crippen molar-refractivity contribution in [1.82, 2.24) is 9.97 Å². The van der Waals surface area contributed by atoms with E-state index in [-0.39, 0.29) is 5.41 Å². The molecule has 0 unspecified atom stereocenters. The summed E-state index contributed by atoms with van der Waals surface area (Å²) >= 11 is 0. The van der Waals surface area contributed by atoms with Crippen LogP contribution in [0.1, 0.15) is 45.5 Å². The largest absolute Gasteiger partial charge is 0.370 e. The van der Waals surface area contributed by atoms with E-state index in [4.69, 9.17) is 4.98 Å². The molecule has 0 saturated heterocycles. The van der Waals surface area contributed by atoms with Crippen LogP contribution in [-0.2, 0) is 5.41 Å². The van der Waals surface area contributed by atoms with Crippen molar-refractivity contribution in [3.8, 4) is 11.3 Å². The van der Waals surface area contributed by atoms with Crippen molar-refractivity contribution in [3.05, 3.63) is 41.7 Å². The van der Waals surface area contributed by atoms with Crippen LogP contribution in [0.25, 0.3) is 11.3 Å². The second-order valence-electron chi connectivity index (χ2n) is 6.51. The van der Waals surface area contributed by atoms with Crippen LogP contribution in [0.4, 0.5) is 5.82 Å². The van der Waals surface area contributed by atoms with E-state index in [9.17, 15) is 0 Å². The molecule has 3 nitrogen and oxygen atoms in total. The highest BCUT2D eigenvalue weighted by Crippen LogP contribution is 2.26. The molecule has 0 aliphatic carbocycles. The minimum atomic E-state index is -0.0670. The van der Waals surface area contributed by atoms with E-state index in [0.29, 0.717) is 0 Å². The lowest BCUT2D eigenvalue weighted by Gasteiger charge is -2.19. The van der Waals surface area contributed by atoms with E-state index in [0.717, 1.165) is 35.9 Å². The van der Waals surface area contributed by atoms with E-state index in [1.807, 2.05) is 6.07 Å². The van der Waals surface area contributed by atoms with E-state index in [1.165, 1.54) is 5.56 Å². The van der Waals surface area contributed by atoms with Gasteiger partial charge in [-0.05, 0) is 19.4 Å². The zero-order valence-corrected chi connectivity index (χ0v) is 13.7. The molecule has 0 aliphatic heterocycles. The first-order valence-corrected chi connectivity index (χ1v) is 7.60. The second-order valence-corrected chi connectivity index (χ2v) is 6.51. The third-order valence-electron chi connectivity index (χ3n) is 3.27. The van der Waals surface area contributed by atoms with Crippen LogP contribution in [0, 0.1) is 6.92 Å². The van der Waals surface area contributed by atoms with Crippen molar-refractivity contribution in [3.63, 3.8) is 0 Å². The first kappa shape index (κ1) is 15.5. The SMILES string of the molecule is CCCNc1cc(-c2cccc(C)c2)nc(C(C)(C)C)n1. The molecule has 1 aromatic carbocycles. The van der Waals surface area contributed by atoms with Crippen LogP contribution in [0.15, 0.2) is 30.3 Å². The Morgan fingerprint density at radius 1 is 1.10 bits per heavy atom. The number of rotatable bonds is 4. The van der Waals surface area contributed by atoms with Crippen molar-refractivity contribution >= 4 is 5.82 Å². The van der Waals surface area contributed by atoms with Crippen LogP contribution < -0.4 is 5.32 Å². The Morgan fingerprint density at radius 3 is 2.48 bits per heavy atom. The van der Waals surface area contributed by atoms with Gasteiger partial charge in [-0.3, -0.25) is 0 Å². The standard InChI is InChI=1S/C18H25N3/c1-6-10-19-16-12-15(14-9-7-8-13(2)11-14)20-17(21-16)18(3,4)5/h7-9,11-12H,6,10H2,1-5H3,(H,19,20,21). The average Bonchev–Trinajstić information content (AvgIpc) is 2.44. The number of hydrogen-bond acceptors (Lipinski definition) is 3. The number of nitrogens with one attached hydrogen (secondary N) is 1. The summed E-state index contributed by atoms with van der Waals surface area (Å²) in [6, 6.07) is 10.5. The minimum Gasteiger partial charge on any atom is -0.370 e. The molecule has 0 atom stereocenters. The van der Waals surface area contributed by atoms with Gasteiger partial charge in [0.15, 0.2) is 0 Å². The number of hydrogen-bond donors (Lipinski definition) is 1. The predicted molar refractivity (Wildman–Crippen MR) is 89.7 cm³/mol. The van der Waals surface area contributed by atoms with Gasteiger partial charge in [-0.25, -0.2) is 9.97 Å². The van der Waals surface area contributed by atoms with Crippen molar-refractivity contribution in [2.24, 2.45) is 0 Å². The summed E-state index contributed by atoms with van der Waals surface area (Å²) in [6.07, 6.45) is 1.08. The van der Waals surface area contributed by atoms with Gasteiger partial charge < -0.3 is 5.32 Å². The molecule has 2 aromatic rings. The first-order valence-electron chi connectivity index (χ1n) is 7.60. The predicted octanol–water partition coefficient (Wildman–Crippen LogP) is 4.57. The zero-order valence-electron chi connectivity index (χ0n) is 13.7. The van der Waals surface area contributed by atoms with E-state index < -0.39 is 0 Å². The lowest BCUT2D eigenvalue weighted by molar-refractivity contribution is 0.546. The van der Waals surface area contributed by atoms with Crippen molar-refractivity contribution < 1.29 is 0 Å². The number of nitrogens with zero attached hydrogens (tertiary/aromatic N) is 2. The average molecular weight is 283 g/mol. The summed E-state index contributed by atoms with van der Waals surface area (Å²) in [4.78, 5) is 9.44. The van der Waals surface area contributed by atoms with Crippen LogP contribution >= 0.6 is 0 Å². The van der Waals surface area contributed by atoms with E-state index in [1.54, 1.807) is 0 Å². The van der Waals surface area contributed by atoms with E-state index >= 15 is 0 Å². The smallest absolute Gasteiger partial charge is 0.136 e. The summed E-state index contributed by atoms with van der Waals surface area (Å²) in [5.74, 6) is 1.79. The molecule has 0 radical (unpaired) electrons. The fourth-order valence-electron chi connectivity index (χ4n) is 2.08. The number of aromatic nitrogens is 2. The molecule has 0 spiro atoms. The molecular formula is C18H25N3. The maximum absolute atomic E-state index is 4.77. The lowest BCUT2D eigenvalue weighted by Crippen LogP contribution is -2.18. The summed E-state index contributed by atoms with van der Waals surface area (Å²) in [7, 11) is 0. The lowest BCUT2D eigenvalue weighted by atomic mass is 9.95. The third-order valence-corrected chi connectivity index (χ3v) is 3.27. The Balaban J connectivity index is 2.49. The molecule has 0 fully saturated rings. The van der Waals surface area contributed by atoms with Crippen LogP contribution in [-0.4, -0.2) is 16.5 Å². The number of benzene rings is 1. The Hall–Kier alpha value is -1.90. The fraction of sp³-hybridized carbons (Fsp3) is 0.444. The first-order chi connectivity index (χ1) is 9.90. The highest BCUT2D eigenvalue weighted by atomic mass is 15.0. The second kappa shape index (κ2) is 6.25. The molecule has 0 amide bonds. The molecule has 3 heteroatoms. The van der Waals surface area contributed by atoms with Gasteiger partial charge in [-0.2, -0.15) is 0 Å². The van der Waals surface area contributed by atoms with Gasteiger partial charge in [0.2, 0.25) is 0 Å². The molecule has 0 bridgehead atoms. The quantitative estimate of drug-likeness (QED) is 0.893. The van der Waals surface area contributed by atoms with Crippen molar-refractivity contribution in [2.45, 2.75) is 46.5 Å². The van der Waals surface area contributed by atoms with E-state index in [2.05, 4.69) is 69.2 Å². The minimum absolute atomic E-state index is 0.0670. The monoisotopic (exact) mass is 283 g/mol. The Labute approximate surface area is 127 Å². The zero-order chi connectivity index (χ0) is 15.5. The van der Waals surface area contributed by atoms with Crippen LogP contribution in [0.2, 0.25) is 0 Å². The van der Waals surface area contributed by atoms with Gasteiger partial charge in [0.25, 0.3) is 0 Å². The molecule has 21 heavy (non-hydrogen) atoms. The van der Waals surface area contributed by atoms with Crippen LogP contribution in [0.5, 0.6) is 0 Å². The van der Waals surface area contributed by atoms with Crippen LogP contribution in [0.3, 0.4) is 0 Å². The van der Waals surface area contributed by atoms with Gasteiger partial charge in [0, 0.05) is 23.6 Å². The highest BCUT2D eigenvalue weighted by molar-refractivity contribution is 5.63. The summed E-state index contributed by atoms with van der Waals surface area (Å²) in [5.41, 5.74) is 3.30. The summed E-state index contributed by atoms with van der Waals surface area (Å²) < 4.78 is 0. The maximum Gasteiger partial charge on any atom is 0.136 e.